The lowest BCUT2D eigenvalue weighted by Crippen LogP contribution is -2.36. The molecule has 0 bridgehead atoms. The number of aromatic amines is 1. The van der Waals surface area contributed by atoms with Gasteiger partial charge in [0.05, 0.1) is 12.5 Å². The summed E-state index contributed by atoms with van der Waals surface area (Å²) < 4.78 is 37.3. The van der Waals surface area contributed by atoms with Gasteiger partial charge in [-0.1, -0.05) is 0 Å². The number of rotatable bonds is 3. The highest BCUT2D eigenvalue weighted by Crippen LogP contribution is 2.37. The molecule has 4 nitrogen and oxygen atoms in total. The first-order valence-corrected chi connectivity index (χ1v) is 5.70. The molecule has 1 aliphatic rings. The van der Waals surface area contributed by atoms with Gasteiger partial charge < -0.3 is 5.32 Å². The van der Waals surface area contributed by atoms with Crippen LogP contribution >= 0.6 is 0 Å². The van der Waals surface area contributed by atoms with E-state index < -0.39 is 12.1 Å². The zero-order chi connectivity index (χ0) is 12.3. The summed E-state index contributed by atoms with van der Waals surface area (Å²) in [6, 6.07) is 0.152. The highest BCUT2D eigenvalue weighted by atomic mass is 19.4. The summed E-state index contributed by atoms with van der Waals surface area (Å²) in [5, 5.41) is 9.61. The molecule has 0 spiro atoms. The number of H-pyrrole nitrogens is 1. The second kappa shape index (κ2) is 5.03. The van der Waals surface area contributed by atoms with Gasteiger partial charge in [0.25, 0.3) is 0 Å². The van der Waals surface area contributed by atoms with Crippen LogP contribution in [0.4, 0.5) is 13.2 Å². The van der Waals surface area contributed by atoms with Crippen molar-refractivity contribution in [1.29, 1.82) is 0 Å². The number of hydrogen-bond acceptors (Lipinski definition) is 3. The standard InChI is InChI=1S/C10H15F3N4/c11-10(12,13)7-1-3-8(4-2-7)14-5-9-15-6-16-17-9/h6-8,14H,1-5H2,(H,15,16,17). The summed E-state index contributed by atoms with van der Waals surface area (Å²) in [7, 11) is 0. The fourth-order valence-electron chi connectivity index (χ4n) is 2.18. The van der Waals surface area contributed by atoms with Crippen LogP contribution in [0.15, 0.2) is 6.33 Å². The topological polar surface area (TPSA) is 53.6 Å². The first-order valence-electron chi connectivity index (χ1n) is 5.70. The minimum absolute atomic E-state index is 0.152. The maximum atomic E-state index is 12.4. The zero-order valence-electron chi connectivity index (χ0n) is 9.30. The minimum atomic E-state index is -4.03. The third-order valence-corrected chi connectivity index (χ3v) is 3.21. The molecular weight excluding hydrogens is 233 g/mol. The molecule has 1 fully saturated rings. The largest absolute Gasteiger partial charge is 0.391 e. The van der Waals surface area contributed by atoms with Crippen LogP contribution in [0.25, 0.3) is 0 Å². The van der Waals surface area contributed by atoms with Crippen LogP contribution in [-0.4, -0.2) is 27.4 Å². The Kier molecular flexibility index (Phi) is 3.66. The molecule has 0 aromatic carbocycles. The summed E-state index contributed by atoms with van der Waals surface area (Å²) in [6.45, 7) is 0.529. The van der Waals surface area contributed by atoms with Crippen LogP contribution in [0, 0.1) is 5.92 Å². The highest BCUT2D eigenvalue weighted by Gasteiger charge is 2.41. The van der Waals surface area contributed by atoms with Gasteiger partial charge in [0.15, 0.2) is 0 Å². The van der Waals surface area contributed by atoms with E-state index in [1.807, 2.05) is 0 Å². The average molecular weight is 248 g/mol. The van der Waals surface area contributed by atoms with Crippen molar-refractivity contribution in [3.63, 3.8) is 0 Å². The molecule has 1 heterocycles. The predicted molar refractivity (Wildman–Crippen MR) is 55.0 cm³/mol. The molecule has 0 saturated heterocycles. The molecule has 1 aliphatic carbocycles. The van der Waals surface area contributed by atoms with Crippen molar-refractivity contribution in [3.8, 4) is 0 Å². The van der Waals surface area contributed by atoms with E-state index in [1.165, 1.54) is 6.33 Å². The van der Waals surface area contributed by atoms with Crippen molar-refractivity contribution in [2.45, 2.75) is 44.4 Å². The second-order valence-corrected chi connectivity index (χ2v) is 4.40. The van der Waals surface area contributed by atoms with Crippen LogP contribution in [0.3, 0.4) is 0 Å². The van der Waals surface area contributed by atoms with E-state index in [1.54, 1.807) is 0 Å². The van der Waals surface area contributed by atoms with Crippen molar-refractivity contribution in [2.24, 2.45) is 5.92 Å². The van der Waals surface area contributed by atoms with Gasteiger partial charge in [0.2, 0.25) is 0 Å². The molecule has 7 heteroatoms. The summed E-state index contributed by atoms with van der Waals surface area (Å²) in [5.41, 5.74) is 0. The van der Waals surface area contributed by atoms with E-state index in [9.17, 15) is 13.2 Å². The second-order valence-electron chi connectivity index (χ2n) is 4.40. The van der Waals surface area contributed by atoms with Crippen LogP contribution in [0.1, 0.15) is 31.5 Å². The van der Waals surface area contributed by atoms with E-state index in [2.05, 4.69) is 20.5 Å². The fraction of sp³-hybridized carbons (Fsp3) is 0.800. The van der Waals surface area contributed by atoms with E-state index in [-0.39, 0.29) is 18.9 Å². The Morgan fingerprint density at radius 3 is 2.53 bits per heavy atom. The molecule has 1 aromatic heterocycles. The van der Waals surface area contributed by atoms with Crippen LogP contribution < -0.4 is 5.32 Å². The average Bonchev–Trinajstić information content (AvgIpc) is 2.78. The van der Waals surface area contributed by atoms with Gasteiger partial charge in [-0.05, 0) is 25.7 Å². The van der Waals surface area contributed by atoms with Gasteiger partial charge in [-0.25, -0.2) is 4.98 Å². The number of nitrogens with zero attached hydrogens (tertiary/aromatic N) is 2. The molecule has 17 heavy (non-hydrogen) atoms. The molecule has 2 rings (SSSR count). The first-order chi connectivity index (χ1) is 8.05. The third-order valence-electron chi connectivity index (χ3n) is 3.21. The number of aromatic nitrogens is 3. The molecule has 0 atom stereocenters. The smallest absolute Gasteiger partial charge is 0.307 e. The van der Waals surface area contributed by atoms with Gasteiger partial charge >= 0.3 is 6.18 Å². The van der Waals surface area contributed by atoms with Crippen LogP contribution in [-0.2, 0) is 6.54 Å². The summed E-state index contributed by atoms with van der Waals surface area (Å²) in [6.07, 6.45) is -1.04. The predicted octanol–water partition coefficient (Wildman–Crippen LogP) is 2.02. The minimum Gasteiger partial charge on any atom is -0.307 e. The maximum Gasteiger partial charge on any atom is 0.391 e. The molecule has 2 N–H and O–H groups in total. The van der Waals surface area contributed by atoms with Crippen molar-refractivity contribution >= 4 is 0 Å². The van der Waals surface area contributed by atoms with Crippen LogP contribution in [0.2, 0.25) is 0 Å². The monoisotopic (exact) mass is 248 g/mol. The molecule has 1 aromatic rings. The first kappa shape index (κ1) is 12.3. The third kappa shape index (κ3) is 3.42. The molecule has 96 valence electrons. The fourth-order valence-corrected chi connectivity index (χ4v) is 2.18. The Bertz CT molecular complexity index is 328. The summed E-state index contributed by atoms with van der Waals surface area (Å²) in [5.74, 6) is -0.409. The SMILES string of the molecule is FC(F)(F)C1CCC(NCc2ncn[nH]2)CC1. The maximum absolute atomic E-state index is 12.4. The van der Waals surface area contributed by atoms with Gasteiger partial charge in [0.1, 0.15) is 12.2 Å². The van der Waals surface area contributed by atoms with Crippen molar-refractivity contribution in [2.75, 3.05) is 0 Å². The lowest BCUT2D eigenvalue weighted by molar-refractivity contribution is -0.182. The number of halogens is 3. The number of nitrogens with one attached hydrogen (secondary N) is 2. The van der Waals surface area contributed by atoms with Crippen molar-refractivity contribution in [1.82, 2.24) is 20.5 Å². The van der Waals surface area contributed by atoms with Crippen molar-refractivity contribution in [3.05, 3.63) is 12.2 Å². The van der Waals surface area contributed by atoms with Crippen LogP contribution in [0.5, 0.6) is 0 Å². The quantitative estimate of drug-likeness (QED) is 0.860. The number of alkyl halides is 3. The Morgan fingerprint density at radius 2 is 2.00 bits per heavy atom. The summed E-state index contributed by atoms with van der Waals surface area (Å²) >= 11 is 0. The van der Waals surface area contributed by atoms with E-state index in [0.29, 0.717) is 25.2 Å². The van der Waals surface area contributed by atoms with E-state index in [0.717, 1.165) is 0 Å². The zero-order valence-corrected chi connectivity index (χ0v) is 9.30. The summed E-state index contributed by atoms with van der Waals surface area (Å²) in [4.78, 5) is 3.95. The highest BCUT2D eigenvalue weighted by molar-refractivity contribution is 4.84. The van der Waals surface area contributed by atoms with E-state index in [4.69, 9.17) is 0 Å². The Labute approximate surface area is 97.0 Å². The van der Waals surface area contributed by atoms with Gasteiger partial charge in [-0.15, -0.1) is 0 Å². The molecule has 1 saturated carbocycles. The molecule has 0 unspecified atom stereocenters. The van der Waals surface area contributed by atoms with Gasteiger partial charge in [-0.3, -0.25) is 5.10 Å². The number of hydrogen-bond donors (Lipinski definition) is 2. The Hall–Kier alpha value is -1.11. The van der Waals surface area contributed by atoms with Crippen molar-refractivity contribution < 1.29 is 13.2 Å². The van der Waals surface area contributed by atoms with Gasteiger partial charge in [-0.2, -0.15) is 18.3 Å². The Balaban J connectivity index is 1.72. The molecule has 0 aliphatic heterocycles. The van der Waals surface area contributed by atoms with E-state index >= 15 is 0 Å². The molecule has 0 radical (unpaired) electrons. The molecular formula is C10H15F3N4. The normalized spacial score (nSPS) is 26.1. The van der Waals surface area contributed by atoms with Gasteiger partial charge in [0, 0.05) is 6.04 Å². The molecule has 0 amide bonds. The Morgan fingerprint density at radius 1 is 1.29 bits per heavy atom. The lowest BCUT2D eigenvalue weighted by Gasteiger charge is -2.30. The lowest BCUT2D eigenvalue weighted by atomic mass is 9.85.